The zero-order valence-electron chi connectivity index (χ0n) is 13.7. The first-order valence-corrected chi connectivity index (χ1v) is 8.43. The van der Waals surface area contributed by atoms with Crippen molar-refractivity contribution in [1.82, 2.24) is 9.80 Å². The van der Waals surface area contributed by atoms with E-state index in [1.54, 1.807) is 4.90 Å². The van der Waals surface area contributed by atoms with Crippen LogP contribution in [0.15, 0.2) is 17.5 Å². The van der Waals surface area contributed by atoms with Crippen LogP contribution in [0.5, 0.6) is 0 Å². The maximum atomic E-state index is 12.2. The predicted molar refractivity (Wildman–Crippen MR) is 87.5 cm³/mol. The molecule has 0 aliphatic carbocycles. The summed E-state index contributed by atoms with van der Waals surface area (Å²) < 4.78 is 5.40. The van der Waals surface area contributed by atoms with Crippen molar-refractivity contribution in [2.75, 3.05) is 26.2 Å². The molecule has 1 aliphatic rings. The summed E-state index contributed by atoms with van der Waals surface area (Å²) in [5.41, 5.74) is -0.480. The first-order valence-electron chi connectivity index (χ1n) is 7.55. The SMILES string of the molecule is CC1CN(C(=O)OC(C)(C)C)CCN1CC(=O)c1cccs1. The van der Waals surface area contributed by atoms with Crippen LogP contribution in [0.25, 0.3) is 0 Å². The van der Waals surface area contributed by atoms with Gasteiger partial charge in [0.25, 0.3) is 0 Å². The maximum Gasteiger partial charge on any atom is 0.410 e. The molecule has 0 spiro atoms. The van der Waals surface area contributed by atoms with Crippen LogP contribution in [0, 0.1) is 0 Å². The molecule has 2 heterocycles. The Hall–Kier alpha value is -1.40. The highest BCUT2D eigenvalue weighted by atomic mass is 32.1. The number of ketones is 1. The Morgan fingerprint density at radius 1 is 1.36 bits per heavy atom. The van der Waals surface area contributed by atoms with Crippen LogP contribution in [-0.4, -0.2) is 59.5 Å². The van der Waals surface area contributed by atoms with E-state index in [0.717, 1.165) is 4.88 Å². The summed E-state index contributed by atoms with van der Waals surface area (Å²) in [6.45, 7) is 9.92. The summed E-state index contributed by atoms with van der Waals surface area (Å²) in [6, 6.07) is 3.89. The lowest BCUT2D eigenvalue weighted by atomic mass is 10.1. The molecule has 0 N–H and O–H groups in total. The molecule has 1 aliphatic heterocycles. The van der Waals surface area contributed by atoms with Gasteiger partial charge in [-0.05, 0) is 39.1 Å². The smallest absolute Gasteiger partial charge is 0.410 e. The molecule has 6 heteroatoms. The van der Waals surface area contributed by atoms with E-state index < -0.39 is 5.60 Å². The molecule has 1 saturated heterocycles. The van der Waals surface area contributed by atoms with Crippen LogP contribution in [0.1, 0.15) is 37.4 Å². The van der Waals surface area contributed by atoms with Crippen molar-refractivity contribution in [3.63, 3.8) is 0 Å². The Morgan fingerprint density at radius 2 is 2.09 bits per heavy atom. The predicted octanol–water partition coefficient (Wildman–Crippen LogP) is 2.87. The fraction of sp³-hybridized carbons (Fsp3) is 0.625. The number of hydrogen-bond acceptors (Lipinski definition) is 5. The maximum absolute atomic E-state index is 12.2. The van der Waals surface area contributed by atoms with E-state index in [1.165, 1.54) is 11.3 Å². The molecule has 5 nitrogen and oxygen atoms in total. The first-order chi connectivity index (χ1) is 10.3. The summed E-state index contributed by atoms with van der Waals surface area (Å²) >= 11 is 1.47. The summed E-state index contributed by atoms with van der Waals surface area (Å²) in [7, 11) is 0. The lowest BCUT2D eigenvalue weighted by Crippen LogP contribution is -2.55. The molecule has 2 rings (SSSR count). The Morgan fingerprint density at radius 3 is 2.64 bits per heavy atom. The van der Waals surface area contributed by atoms with Crippen LogP contribution in [0.3, 0.4) is 0 Å². The largest absolute Gasteiger partial charge is 0.444 e. The van der Waals surface area contributed by atoms with Crippen LogP contribution >= 0.6 is 11.3 Å². The number of amides is 1. The molecule has 0 radical (unpaired) electrons. The van der Waals surface area contributed by atoms with Crippen molar-refractivity contribution in [3.8, 4) is 0 Å². The van der Waals surface area contributed by atoms with Gasteiger partial charge in [0.05, 0.1) is 11.4 Å². The van der Waals surface area contributed by atoms with Gasteiger partial charge in [-0.1, -0.05) is 6.07 Å². The monoisotopic (exact) mass is 324 g/mol. The molecule has 0 saturated carbocycles. The Kier molecular flexibility index (Phi) is 5.24. The number of carbonyl (C=O) groups excluding carboxylic acids is 2. The quantitative estimate of drug-likeness (QED) is 0.802. The highest BCUT2D eigenvalue weighted by Gasteiger charge is 2.30. The van der Waals surface area contributed by atoms with E-state index in [2.05, 4.69) is 4.90 Å². The number of rotatable bonds is 3. The van der Waals surface area contributed by atoms with Gasteiger partial charge in [0.15, 0.2) is 5.78 Å². The average molecular weight is 324 g/mol. The number of piperazine rings is 1. The summed E-state index contributed by atoms with van der Waals surface area (Å²) in [6.07, 6.45) is -0.274. The molecule has 1 aromatic heterocycles. The fourth-order valence-electron chi connectivity index (χ4n) is 2.42. The highest BCUT2D eigenvalue weighted by molar-refractivity contribution is 7.12. The standard InChI is InChI=1S/C16H24N2O3S/c1-12-10-18(15(20)21-16(2,3)4)8-7-17(12)11-13(19)14-6-5-9-22-14/h5-6,9,12H,7-8,10-11H2,1-4H3. The highest BCUT2D eigenvalue weighted by Crippen LogP contribution is 2.16. The fourth-order valence-corrected chi connectivity index (χ4v) is 3.08. The third-order valence-corrected chi connectivity index (χ3v) is 4.47. The second-order valence-electron chi connectivity index (χ2n) is 6.65. The molecule has 1 aromatic rings. The van der Waals surface area contributed by atoms with Crippen LogP contribution in [-0.2, 0) is 4.74 Å². The van der Waals surface area contributed by atoms with Crippen molar-refractivity contribution in [3.05, 3.63) is 22.4 Å². The van der Waals surface area contributed by atoms with E-state index >= 15 is 0 Å². The minimum absolute atomic E-state index is 0.144. The summed E-state index contributed by atoms with van der Waals surface area (Å²) in [5.74, 6) is 0.146. The zero-order valence-corrected chi connectivity index (χ0v) is 14.5. The van der Waals surface area contributed by atoms with E-state index in [-0.39, 0.29) is 17.9 Å². The second kappa shape index (κ2) is 6.79. The molecular formula is C16H24N2O3S. The number of nitrogens with zero attached hydrogens (tertiary/aromatic N) is 2. The number of Topliss-reactive ketones (excluding diaryl/α,β-unsaturated/α-hetero) is 1. The lowest BCUT2D eigenvalue weighted by molar-refractivity contribution is 0.00660. The third-order valence-electron chi connectivity index (χ3n) is 3.56. The van der Waals surface area contributed by atoms with Gasteiger partial charge in [-0.15, -0.1) is 11.3 Å². The molecule has 1 fully saturated rings. The Bertz CT molecular complexity index is 522. The van der Waals surface area contributed by atoms with E-state index in [1.807, 2.05) is 45.2 Å². The molecule has 0 bridgehead atoms. The van der Waals surface area contributed by atoms with Crippen LogP contribution in [0.2, 0.25) is 0 Å². The summed E-state index contributed by atoms with van der Waals surface area (Å²) in [5, 5.41) is 1.91. The van der Waals surface area contributed by atoms with E-state index in [4.69, 9.17) is 4.74 Å². The molecule has 122 valence electrons. The van der Waals surface area contributed by atoms with Crippen LogP contribution in [0.4, 0.5) is 4.79 Å². The summed E-state index contributed by atoms with van der Waals surface area (Å²) in [4.78, 5) is 28.9. The molecule has 0 aromatic carbocycles. The van der Waals surface area contributed by atoms with Crippen molar-refractivity contribution < 1.29 is 14.3 Å². The van der Waals surface area contributed by atoms with Crippen molar-refractivity contribution in [2.24, 2.45) is 0 Å². The third kappa shape index (κ3) is 4.55. The van der Waals surface area contributed by atoms with Gasteiger partial charge in [-0.25, -0.2) is 4.79 Å². The number of thiophene rings is 1. The van der Waals surface area contributed by atoms with Gasteiger partial charge in [0, 0.05) is 25.7 Å². The zero-order chi connectivity index (χ0) is 16.3. The minimum atomic E-state index is -0.480. The topological polar surface area (TPSA) is 49.9 Å². The van der Waals surface area contributed by atoms with Gasteiger partial charge in [0.2, 0.25) is 0 Å². The van der Waals surface area contributed by atoms with Gasteiger partial charge < -0.3 is 9.64 Å². The number of carbonyl (C=O) groups is 2. The van der Waals surface area contributed by atoms with Crippen molar-refractivity contribution >= 4 is 23.2 Å². The molecule has 1 atom stereocenters. The molecule has 1 unspecified atom stereocenters. The normalized spacial score (nSPS) is 20.0. The first kappa shape index (κ1) is 17.0. The second-order valence-corrected chi connectivity index (χ2v) is 7.59. The van der Waals surface area contributed by atoms with Crippen LogP contribution < -0.4 is 0 Å². The number of ether oxygens (including phenoxy) is 1. The van der Waals surface area contributed by atoms with Gasteiger partial charge in [-0.3, -0.25) is 9.69 Å². The van der Waals surface area contributed by atoms with Gasteiger partial charge >= 0.3 is 6.09 Å². The molecule has 1 amide bonds. The lowest BCUT2D eigenvalue weighted by Gasteiger charge is -2.39. The molecular weight excluding hydrogens is 300 g/mol. The van der Waals surface area contributed by atoms with Gasteiger partial charge in [-0.2, -0.15) is 0 Å². The van der Waals surface area contributed by atoms with Gasteiger partial charge in [0.1, 0.15) is 5.60 Å². The van der Waals surface area contributed by atoms with Crippen molar-refractivity contribution in [2.45, 2.75) is 39.3 Å². The molecule has 22 heavy (non-hydrogen) atoms. The Labute approximate surface area is 135 Å². The van der Waals surface area contributed by atoms with E-state index in [0.29, 0.717) is 26.2 Å². The van der Waals surface area contributed by atoms with Crippen molar-refractivity contribution in [1.29, 1.82) is 0 Å². The minimum Gasteiger partial charge on any atom is -0.444 e. The average Bonchev–Trinajstić information content (AvgIpc) is 2.93. The van der Waals surface area contributed by atoms with E-state index in [9.17, 15) is 9.59 Å². The number of hydrogen-bond donors (Lipinski definition) is 0. The Balaban J connectivity index is 1.87.